The van der Waals surface area contributed by atoms with Gasteiger partial charge in [-0.1, -0.05) is 12.1 Å². The summed E-state index contributed by atoms with van der Waals surface area (Å²) in [7, 11) is 0. The molecule has 2 rings (SSSR count). The van der Waals surface area contributed by atoms with E-state index < -0.39 is 18.3 Å². The van der Waals surface area contributed by atoms with E-state index in [4.69, 9.17) is 0 Å². The zero-order chi connectivity index (χ0) is 9.42. The standard InChI is InChI=1S/C9H8F3N/c10-6-3-1-2-5-4-7(9(11)12)13-8(5)6/h1-3,7,9,13H,4H2. The van der Waals surface area contributed by atoms with Gasteiger partial charge in [-0.3, -0.25) is 0 Å². The molecule has 1 aromatic rings. The van der Waals surface area contributed by atoms with Crippen molar-refractivity contribution >= 4 is 5.69 Å². The van der Waals surface area contributed by atoms with E-state index in [1.807, 2.05) is 0 Å². The molecule has 4 heteroatoms. The second-order valence-electron chi connectivity index (χ2n) is 3.06. The number of para-hydroxylation sites is 1. The van der Waals surface area contributed by atoms with Crippen molar-refractivity contribution in [3.8, 4) is 0 Å². The lowest BCUT2D eigenvalue weighted by molar-refractivity contribution is 0.126. The number of benzene rings is 1. The first-order valence-corrected chi connectivity index (χ1v) is 4.00. The molecule has 0 amide bonds. The van der Waals surface area contributed by atoms with Crippen LogP contribution in [0.15, 0.2) is 18.2 Å². The van der Waals surface area contributed by atoms with Crippen molar-refractivity contribution in [3.63, 3.8) is 0 Å². The summed E-state index contributed by atoms with van der Waals surface area (Å²) in [5.41, 5.74) is 0.859. The summed E-state index contributed by atoms with van der Waals surface area (Å²) in [5.74, 6) is -0.458. The van der Waals surface area contributed by atoms with Crippen LogP contribution in [0.4, 0.5) is 18.9 Å². The molecule has 1 aliphatic heterocycles. The zero-order valence-corrected chi connectivity index (χ0v) is 6.73. The van der Waals surface area contributed by atoms with Crippen LogP contribution in [0.1, 0.15) is 5.56 Å². The third kappa shape index (κ3) is 1.36. The molecule has 0 aromatic heterocycles. The lowest BCUT2D eigenvalue weighted by Crippen LogP contribution is -2.24. The number of fused-ring (bicyclic) bond motifs is 1. The number of anilines is 1. The van der Waals surface area contributed by atoms with Crippen LogP contribution in [-0.2, 0) is 6.42 Å². The van der Waals surface area contributed by atoms with E-state index in [1.54, 1.807) is 6.07 Å². The fraction of sp³-hybridized carbons (Fsp3) is 0.333. The van der Waals surface area contributed by atoms with Gasteiger partial charge in [0, 0.05) is 6.42 Å². The quantitative estimate of drug-likeness (QED) is 0.711. The Morgan fingerprint density at radius 1 is 1.38 bits per heavy atom. The van der Waals surface area contributed by atoms with Crippen LogP contribution in [0.25, 0.3) is 0 Å². The van der Waals surface area contributed by atoms with E-state index in [0.717, 1.165) is 0 Å². The molecule has 0 saturated heterocycles. The molecule has 0 bridgehead atoms. The maximum Gasteiger partial charge on any atom is 0.258 e. The van der Waals surface area contributed by atoms with E-state index >= 15 is 0 Å². The van der Waals surface area contributed by atoms with Crippen molar-refractivity contribution in [1.82, 2.24) is 0 Å². The molecule has 0 saturated carbocycles. The molecule has 1 heterocycles. The van der Waals surface area contributed by atoms with Gasteiger partial charge in [-0.15, -0.1) is 0 Å². The molecule has 1 N–H and O–H groups in total. The van der Waals surface area contributed by atoms with Gasteiger partial charge >= 0.3 is 0 Å². The third-order valence-electron chi connectivity index (χ3n) is 2.17. The molecule has 1 aliphatic rings. The van der Waals surface area contributed by atoms with Gasteiger partial charge in [0.05, 0.1) is 11.7 Å². The van der Waals surface area contributed by atoms with E-state index in [-0.39, 0.29) is 12.1 Å². The van der Waals surface area contributed by atoms with Crippen LogP contribution in [0.5, 0.6) is 0 Å². The Kier molecular flexibility index (Phi) is 1.90. The molecule has 0 spiro atoms. The van der Waals surface area contributed by atoms with Gasteiger partial charge in [0.25, 0.3) is 6.43 Å². The van der Waals surface area contributed by atoms with Gasteiger partial charge in [0.2, 0.25) is 0 Å². The summed E-state index contributed by atoms with van der Waals surface area (Å²) in [6.07, 6.45) is -2.25. The molecular weight excluding hydrogens is 179 g/mol. The highest BCUT2D eigenvalue weighted by molar-refractivity contribution is 5.57. The van der Waals surface area contributed by atoms with Gasteiger partial charge in [0.1, 0.15) is 5.82 Å². The number of alkyl halides is 2. The molecule has 1 atom stereocenters. The lowest BCUT2D eigenvalue weighted by atomic mass is 10.1. The first-order chi connectivity index (χ1) is 6.18. The van der Waals surface area contributed by atoms with Gasteiger partial charge < -0.3 is 5.32 Å². The minimum atomic E-state index is -2.45. The topological polar surface area (TPSA) is 12.0 Å². The van der Waals surface area contributed by atoms with Crippen molar-refractivity contribution < 1.29 is 13.2 Å². The molecule has 70 valence electrons. The van der Waals surface area contributed by atoms with Crippen LogP contribution in [0.2, 0.25) is 0 Å². The van der Waals surface area contributed by atoms with Crippen molar-refractivity contribution in [2.24, 2.45) is 0 Å². The minimum absolute atomic E-state index is 0.199. The fourth-order valence-electron chi connectivity index (χ4n) is 1.53. The SMILES string of the molecule is Fc1cccc2c1NC(C(F)F)C2. The highest BCUT2D eigenvalue weighted by Gasteiger charge is 2.29. The Morgan fingerprint density at radius 3 is 2.77 bits per heavy atom. The number of rotatable bonds is 1. The maximum absolute atomic E-state index is 13.0. The molecule has 1 unspecified atom stereocenters. The molecule has 0 aliphatic carbocycles. The van der Waals surface area contributed by atoms with Crippen molar-refractivity contribution in [2.45, 2.75) is 18.9 Å². The third-order valence-corrected chi connectivity index (χ3v) is 2.17. The first kappa shape index (κ1) is 8.41. The Morgan fingerprint density at radius 2 is 2.15 bits per heavy atom. The minimum Gasteiger partial charge on any atom is -0.374 e. The summed E-state index contributed by atoms with van der Waals surface area (Å²) in [6, 6.07) is 3.52. The molecule has 0 radical (unpaired) electrons. The van der Waals surface area contributed by atoms with Gasteiger partial charge in [-0.2, -0.15) is 0 Å². The monoisotopic (exact) mass is 187 g/mol. The summed E-state index contributed by atoms with van der Waals surface area (Å²) in [6.45, 7) is 0. The smallest absolute Gasteiger partial charge is 0.258 e. The van der Waals surface area contributed by atoms with Gasteiger partial charge in [0.15, 0.2) is 0 Å². The average molecular weight is 187 g/mol. The number of hydrogen-bond donors (Lipinski definition) is 1. The molecule has 13 heavy (non-hydrogen) atoms. The van der Waals surface area contributed by atoms with Gasteiger partial charge in [-0.05, 0) is 11.6 Å². The van der Waals surface area contributed by atoms with Crippen LogP contribution < -0.4 is 5.32 Å². The van der Waals surface area contributed by atoms with Crippen molar-refractivity contribution in [2.75, 3.05) is 5.32 Å². The highest BCUT2D eigenvalue weighted by atomic mass is 19.3. The summed E-state index contributed by atoms with van der Waals surface area (Å²) in [5, 5.41) is 2.48. The summed E-state index contributed by atoms with van der Waals surface area (Å²) in [4.78, 5) is 0. The largest absolute Gasteiger partial charge is 0.374 e. The molecule has 1 nitrogen and oxygen atoms in total. The van der Waals surface area contributed by atoms with Gasteiger partial charge in [-0.25, -0.2) is 13.2 Å². The average Bonchev–Trinajstić information content (AvgIpc) is 2.49. The van der Waals surface area contributed by atoms with Crippen LogP contribution >= 0.6 is 0 Å². The molecule has 1 aromatic carbocycles. The Hall–Kier alpha value is -1.19. The first-order valence-electron chi connectivity index (χ1n) is 4.00. The van der Waals surface area contributed by atoms with Crippen LogP contribution in [0, 0.1) is 5.82 Å². The fourth-order valence-corrected chi connectivity index (χ4v) is 1.53. The predicted octanol–water partition coefficient (Wildman–Crippen LogP) is 2.43. The Balaban J connectivity index is 2.30. The second-order valence-corrected chi connectivity index (χ2v) is 3.06. The van der Waals surface area contributed by atoms with Crippen LogP contribution in [-0.4, -0.2) is 12.5 Å². The molecule has 0 fully saturated rings. The molecular formula is C9H8F3N. The number of halogens is 3. The summed E-state index contributed by atoms with van der Waals surface area (Å²) >= 11 is 0. The van der Waals surface area contributed by atoms with E-state index in [9.17, 15) is 13.2 Å². The number of nitrogens with one attached hydrogen (secondary N) is 1. The Bertz CT molecular complexity index is 325. The van der Waals surface area contributed by atoms with E-state index in [2.05, 4.69) is 5.32 Å². The van der Waals surface area contributed by atoms with E-state index in [1.165, 1.54) is 12.1 Å². The van der Waals surface area contributed by atoms with Crippen molar-refractivity contribution in [1.29, 1.82) is 0 Å². The maximum atomic E-state index is 13.0. The van der Waals surface area contributed by atoms with Crippen LogP contribution in [0.3, 0.4) is 0 Å². The lowest BCUT2D eigenvalue weighted by Gasteiger charge is -2.08. The summed E-state index contributed by atoms with van der Waals surface area (Å²) < 4.78 is 37.5. The second kappa shape index (κ2) is 2.94. The normalized spacial score (nSPS) is 20.2. The van der Waals surface area contributed by atoms with E-state index in [0.29, 0.717) is 5.56 Å². The highest BCUT2D eigenvalue weighted by Crippen LogP contribution is 2.30. The number of hydrogen-bond acceptors (Lipinski definition) is 1. The zero-order valence-electron chi connectivity index (χ0n) is 6.73. The van der Waals surface area contributed by atoms with Crippen molar-refractivity contribution in [3.05, 3.63) is 29.6 Å². The Labute approximate surface area is 73.6 Å². The predicted molar refractivity (Wildman–Crippen MR) is 43.5 cm³/mol.